The topological polar surface area (TPSA) is 52.5 Å². The van der Waals surface area contributed by atoms with Crippen LogP contribution in [0.2, 0.25) is 5.02 Å². The number of benzene rings is 1. The molecule has 0 fully saturated rings. The Kier molecular flexibility index (Phi) is 5.05. The van der Waals surface area contributed by atoms with Crippen molar-refractivity contribution in [1.29, 1.82) is 0 Å². The van der Waals surface area contributed by atoms with Crippen LogP contribution in [0.3, 0.4) is 0 Å². The van der Waals surface area contributed by atoms with E-state index in [9.17, 15) is 5.11 Å². The molecule has 0 radical (unpaired) electrons. The van der Waals surface area contributed by atoms with Gasteiger partial charge in [0.15, 0.2) is 0 Å². The summed E-state index contributed by atoms with van der Waals surface area (Å²) in [7, 11) is 0. The first-order valence-corrected chi connectivity index (χ1v) is 5.29. The summed E-state index contributed by atoms with van der Waals surface area (Å²) in [6, 6.07) is 7.06. The van der Waals surface area contributed by atoms with Crippen molar-refractivity contribution >= 4 is 11.6 Å². The third-order valence-electron chi connectivity index (χ3n) is 2.19. The molecule has 1 unspecified atom stereocenters. The summed E-state index contributed by atoms with van der Waals surface area (Å²) < 4.78 is 0. The molecule has 0 saturated heterocycles. The van der Waals surface area contributed by atoms with Crippen molar-refractivity contribution in [3.05, 3.63) is 34.9 Å². The first-order chi connectivity index (χ1) is 7.13. The van der Waals surface area contributed by atoms with E-state index in [1.807, 2.05) is 6.92 Å². The van der Waals surface area contributed by atoms with Crippen molar-refractivity contribution in [3.63, 3.8) is 0 Å². The van der Waals surface area contributed by atoms with E-state index in [0.29, 0.717) is 11.6 Å². The van der Waals surface area contributed by atoms with Gasteiger partial charge in [-0.3, -0.25) is 0 Å². The zero-order valence-electron chi connectivity index (χ0n) is 8.65. The Morgan fingerprint density at radius 3 is 2.47 bits per heavy atom. The maximum atomic E-state index is 9.77. The molecule has 0 aliphatic heterocycles. The molecule has 3 N–H and O–H groups in total. The van der Waals surface area contributed by atoms with E-state index < -0.39 is 6.10 Å². The van der Waals surface area contributed by atoms with Crippen LogP contribution < -0.4 is 5.32 Å². The number of aliphatic hydroxyl groups excluding tert-OH is 2. The van der Waals surface area contributed by atoms with Gasteiger partial charge in [-0.1, -0.05) is 23.7 Å². The lowest BCUT2D eigenvalue weighted by molar-refractivity contribution is 0.161. The summed E-state index contributed by atoms with van der Waals surface area (Å²) in [5.41, 5.74) is 0.817. The predicted molar refractivity (Wildman–Crippen MR) is 61.0 cm³/mol. The minimum absolute atomic E-state index is 0.00745. The zero-order chi connectivity index (χ0) is 11.3. The van der Waals surface area contributed by atoms with Gasteiger partial charge in [-0.15, -0.1) is 0 Å². The van der Waals surface area contributed by atoms with Crippen molar-refractivity contribution < 1.29 is 10.2 Å². The maximum absolute atomic E-state index is 9.77. The number of nitrogens with one attached hydrogen (secondary N) is 1. The smallest absolute Gasteiger partial charge is 0.0914 e. The van der Waals surface area contributed by atoms with E-state index in [0.717, 1.165) is 5.56 Å². The fraction of sp³-hybridized carbons (Fsp3) is 0.455. The van der Waals surface area contributed by atoms with E-state index >= 15 is 0 Å². The van der Waals surface area contributed by atoms with Gasteiger partial charge in [-0.2, -0.15) is 0 Å². The molecule has 1 aromatic carbocycles. The molecule has 0 aliphatic carbocycles. The summed E-state index contributed by atoms with van der Waals surface area (Å²) in [6.45, 7) is 2.34. The average Bonchev–Trinajstić information content (AvgIpc) is 2.26. The Morgan fingerprint density at radius 2 is 1.93 bits per heavy atom. The largest absolute Gasteiger partial charge is 0.395 e. The molecule has 1 aromatic rings. The van der Waals surface area contributed by atoms with Gasteiger partial charge in [-0.25, -0.2) is 0 Å². The normalized spacial score (nSPS) is 14.9. The second kappa shape index (κ2) is 6.08. The molecule has 15 heavy (non-hydrogen) atoms. The van der Waals surface area contributed by atoms with Crippen LogP contribution in [0, 0.1) is 0 Å². The van der Waals surface area contributed by atoms with Gasteiger partial charge < -0.3 is 15.5 Å². The Bertz CT molecular complexity index is 289. The molecule has 0 aromatic heterocycles. The van der Waals surface area contributed by atoms with Crippen LogP contribution in [0.25, 0.3) is 0 Å². The van der Waals surface area contributed by atoms with Gasteiger partial charge in [0.25, 0.3) is 0 Å². The standard InChI is InChI=1S/C11H16ClNO2/c1-8(7-14)13-6-11(15)9-2-4-10(12)5-3-9/h2-5,8,11,13-15H,6-7H2,1H3/t8-,11?/m0/s1. The van der Waals surface area contributed by atoms with Crippen LogP contribution in [-0.2, 0) is 0 Å². The monoisotopic (exact) mass is 229 g/mol. The molecule has 1 rings (SSSR count). The lowest BCUT2D eigenvalue weighted by atomic mass is 10.1. The highest BCUT2D eigenvalue weighted by Crippen LogP contribution is 2.15. The van der Waals surface area contributed by atoms with Crippen molar-refractivity contribution in [3.8, 4) is 0 Å². The number of halogens is 1. The number of hydrogen-bond acceptors (Lipinski definition) is 3. The second-order valence-corrected chi connectivity index (χ2v) is 4.00. The molecule has 0 saturated carbocycles. The number of hydrogen-bond donors (Lipinski definition) is 3. The van der Waals surface area contributed by atoms with Crippen molar-refractivity contribution in [2.75, 3.05) is 13.2 Å². The minimum atomic E-state index is -0.573. The van der Waals surface area contributed by atoms with Gasteiger partial charge in [0.1, 0.15) is 0 Å². The van der Waals surface area contributed by atoms with Crippen LogP contribution in [0.5, 0.6) is 0 Å². The lowest BCUT2D eigenvalue weighted by Gasteiger charge is -2.15. The molecule has 3 nitrogen and oxygen atoms in total. The lowest BCUT2D eigenvalue weighted by Crippen LogP contribution is -2.32. The molecule has 0 heterocycles. The average molecular weight is 230 g/mol. The highest BCUT2D eigenvalue weighted by molar-refractivity contribution is 6.30. The number of aliphatic hydroxyl groups is 2. The third-order valence-corrected chi connectivity index (χ3v) is 2.44. The highest BCUT2D eigenvalue weighted by Gasteiger charge is 2.08. The summed E-state index contributed by atoms with van der Waals surface area (Å²) in [6.07, 6.45) is -0.573. The van der Waals surface area contributed by atoms with Crippen LogP contribution >= 0.6 is 11.6 Å². The van der Waals surface area contributed by atoms with Gasteiger partial charge in [0.2, 0.25) is 0 Å². The first kappa shape index (κ1) is 12.5. The Labute approximate surface area is 94.7 Å². The van der Waals surface area contributed by atoms with Crippen molar-refractivity contribution in [2.45, 2.75) is 19.1 Å². The van der Waals surface area contributed by atoms with E-state index in [1.54, 1.807) is 24.3 Å². The van der Waals surface area contributed by atoms with Crippen molar-refractivity contribution in [1.82, 2.24) is 5.32 Å². The maximum Gasteiger partial charge on any atom is 0.0914 e. The van der Waals surface area contributed by atoms with E-state index in [4.69, 9.17) is 16.7 Å². The van der Waals surface area contributed by atoms with Crippen LogP contribution in [0.4, 0.5) is 0 Å². The van der Waals surface area contributed by atoms with Gasteiger partial charge in [-0.05, 0) is 24.6 Å². The van der Waals surface area contributed by atoms with Crippen LogP contribution in [-0.4, -0.2) is 29.4 Å². The summed E-state index contributed by atoms with van der Waals surface area (Å²) in [4.78, 5) is 0. The zero-order valence-corrected chi connectivity index (χ0v) is 9.41. The summed E-state index contributed by atoms with van der Waals surface area (Å²) in [5.74, 6) is 0. The Hall–Kier alpha value is -0.610. The Morgan fingerprint density at radius 1 is 1.33 bits per heavy atom. The van der Waals surface area contributed by atoms with Crippen LogP contribution in [0.1, 0.15) is 18.6 Å². The quantitative estimate of drug-likeness (QED) is 0.715. The van der Waals surface area contributed by atoms with E-state index in [2.05, 4.69) is 5.32 Å². The predicted octanol–water partition coefficient (Wildman–Crippen LogP) is 1.34. The third kappa shape index (κ3) is 4.18. The summed E-state index contributed by atoms with van der Waals surface area (Å²) >= 11 is 5.74. The highest BCUT2D eigenvalue weighted by atomic mass is 35.5. The molecule has 4 heteroatoms. The van der Waals surface area contributed by atoms with Gasteiger partial charge in [0.05, 0.1) is 12.7 Å². The molecule has 2 atom stereocenters. The molecule has 0 bridgehead atoms. The molecule has 0 spiro atoms. The second-order valence-electron chi connectivity index (χ2n) is 3.56. The summed E-state index contributed by atoms with van der Waals surface area (Å²) in [5, 5.41) is 22.2. The molecule has 0 amide bonds. The Balaban J connectivity index is 2.46. The first-order valence-electron chi connectivity index (χ1n) is 4.91. The van der Waals surface area contributed by atoms with Gasteiger partial charge >= 0.3 is 0 Å². The minimum Gasteiger partial charge on any atom is -0.395 e. The molecule has 84 valence electrons. The van der Waals surface area contributed by atoms with Crippen molar-refractivity contribution in [2.24, 2.45) is 0 Å². The number of rotatable bonds is 5. The van der Waals surface area contributed by atoms with E-state index in [1.165, 1.54) is 0 Å². The van der Waals surface area contributed by atoms with Crippen LogP contribution in [0.15, 0.2) is 24.3 Å². The van der Waals surface area contributed by atoms with E-state index in [-0.39, 0.29) is 12.6 Å². The molecular weight excluding hydrogens is 214 g/mol. The fourth-order valence-corrected chi connectivity index (χ4v) is 1.31. The molecule has 0 aliphatic rings. The van der Waals surface area contributed by atoms with Gasteiger partial charge in [0, 0.05) is 17.6 Å². The molecular formula is C11H16ClNO2. The SMILES string of the molecule is C[C@@H](CO)NCC(O)c1ccc(Cl)cc1. The fourth-order valence-electron chi connectivity index (χ4n) is 1.18.